The van der Waals surface area contributed by atoms with Gasteiger partial charge in [-0.2, -0.15) is 0 Å². The van der Waals surface area contributed by atoms with Crippen molar-refractivity contribution in [1.82, 2.24) is 0 Å². The summed E-state index contributed by atoms with van der Waals surface area (Å²) in [4.78, 5) is 23.6. The van der Waals surface area contributed by atoms with E-state index in [0.29, 0.717) is 17.6 Å². The minimum Gasteiger partial charge on any atom is -0.458 e. The van der Waals surface area contributed by atoms with Crippen molar-refractivity contribution >= 4 is 11.9 Å². The lowest BCUT2D eigenvalue weighted by molar-refractivity contribution is -0.169. The second-order valence-electron chi connectivity index (χ2n) is 9.19. The summed E-state index contributed by atoms with van der Waals surface area (Å²) in [7, 11) is 0. The molecule has 2 saturated carbocycles. The topological polar surface area (TPSA) is 113 Å². The average molecular weight is 437 g/mol. The lowest BCUT2D eigenvalue weighted by atomic mass is 9.75. The molecule has 7 heteroatoms. The van der Waals surface area contributed by atoms with Crippen LogP contribution in [0.2, 0.25) is 0 Å². The van der Waals surface area contributed by atoms with E-state index in [1.165, 1.54) is 13.8 Å². The molecule has 2 aliphatic carbocycles. The van der Waals surface area contributed by atoms with Gasteiger partial charge < -0.3 is 24.8 Å². The molecule has 0 aromatic carbocycles. The Hall–Kier alpha value is -1.96. The zero-order valence-corrected chi connectivity index (χ0v) is 19.1. The normalized spacial score (nSPS) is 33.5. The fourth-order valence-corrected chi connectivity index (χ4v) is 5.07. The van der Waals surface area contributed by atoms with Crippen LogP contribution >= 0.6 is 0 Å². The highest BCUT2D eigenvalue weighted by molar-refractivity contribution is 5.67. The molecule has 3 N–H and O–H groups in total. The number of hydrogen-bond acceptors (Lipinski definition) is 7. The highest BCUT2D eigenvalue weighted by atomic mass is 16.6. The van der Waals surface area contributed by atoms with Crippen LogP contribution in [0, 0.1) is 23.7 Å². The maximum Gasteiger partial charge on any atom is 0.303 e. The third-order valence-corrected chi connectivity index (χ3v) is 6.59. The number of carbonyl (C=O) groups is 2. The molecule has 2 aliphatic rings. The van der Waals surface area contributed by atoms with Gasteiger partial charge in [0.25, 0.3) is 0 Å². The van der Waals surface area contributed by atoms with Crippen LogP contribution in [0.25, 0.3) is 0 Å². The van der Waals surface area contributed by atoms with Gasteiger partial charge in [0.05, 0.1) is 18.3 Å². The maximum absolute atomic E-state index is 11.9. The number of hydrogen-bond donors (Lipinski definition) is 3. The number of aliphatic hydroxyl groups is 3. The molecule has 0 aromatic rings. The first-order valence-electron chi connectivity index (χ1n) is 10.8. The minimum atomic E-state index is -0.943. The summed E-state index contributed by atoms with van der Waals surface area (Å²) in [6, 6.07) is 0. The van der Waals surface area contributed by atoms with Gasteiger partial charge >= 0.3 is 11.9 Å². The summed E-state index contributed by atoms with van der Waals surface area (Å²) >= 11 is 0. The van der Waals surface area contributed by atoms with Crippen molar-refractivity contribution in [2.75, 3.05) is 0 Å². The molecule has 0 heterocycles. The Balaban J connectivity index is 2.46. The number of rotatable bonds is 6. The molecule has 31 heavy (non-hydrogen) atoms. The van der Waals surface area contributed by atoms with Crippen LogP contribution < -0.4 is 0 Å². The number of esters is 2. The lowest BCUT2D eigenvalue weighted by Gasteiger charge is -2.38. The molecule has 174 valence electrons. The Bertz CT molecular complexity index is 751. The number of fused-ring (bicyclic) bond motifs is 1. The number of ether oxygens (including phenoxy) is 2. The van der Waals surface area contributed by atoms with Crippen LogP contribution in [0.5, 0.6) is 0 Å². The van der Waals surface area contributed by atoms with Gasteiger partial charge in [-0.25, -0.2) is 0 Å². The number of carbonyl (C=O) groups excluding carboxylic acids is 2. The molecular formula is C24H36O7. The van der Waals surface area contributed by atoms with Crippen molar-refractivity contribution in [2.45, 2.75) is 78.0 Å². The molecule has 0 aromatic heterocycles. The van der Waals surface area contributed by atoms with Crippen molar-refractivity contribution in [3.63, 3.8) is 0 Å². The second kappa shape index (κ2) is 10.1. The van der Waals surface area contributed by atoms with Gasteiger partial charge in [-0.15, -0.1) is 0 Å². The second-order valence-corrected chi connectivity index (χ2v) is 9.19. The van der Waals surface area contributed by atoms with Gasteiger partial charge in [0.2, 0.25) is 0 Å². The largest absolute Gasteiger partial charge is 0.458 e. The zero-order valence-electron chi connectivity index (χ0n) is 19.1. The Kier molecular flexibility index (Phi) is 8.25. The molecule has 0 saturated heterocycles. The fourth-order valence-electron chi connectivity index (χ4n) is 5.07. The van der Waals surface area contributed by atoms with Crippen LogP contribution in [0.15, 0.2) is 36.0 Å². The molecule has 0 bridgehead atoms. The molecule has 2 fully saturated rings. The van der Waals surface area contributed by atoms with E-state index in [2.05, 4.69) is 13.2 Å². The molecular weight excluding hydrogens is 400 g/mol. The van der Waals surface area contributed by atoms with E-state index >= 15 is 0 Å². The summed E-state index contributed by atoms with van der Waals surface area (Å²) in [5.74, 6) is -2.79. The first kappa shape index (κ1) is 25.3. The van der Waals surface area contributed by atoms with Crippen molar-refractivity contribution < 1.29 is 34.4 Å². The Morgan fingerprint density at radius 3 is 2.03 bits per heavy atom. The highest BCUT2D eigenvalue weighted by Crippen LogP contribution is 2.49. The van der Waals surface area contributed by atoms with Gasteiger partial charge in [0.15, 0.2) is 6.10 Å². The van der Waals surface area contributed by atoms with Crippen LogP contribution in [-0.2, 0) is 19.1 Å². The molecule has 9 atom stereocenters. The third kappa shape index (κ3) is 5.64. The molecule has 0 aliphatic heterocycles. The minimum absolute atomic E-state index is 0.205. The van der Waals surface area contributed by atoms with Crippen LogP contribution in [-0.4, -0.2) is 57.8 Å². The SMILES string of the molecule is C=C1[C@H]2[C@H](O)[C@H](C(C)C(OC(C)=O)C(C=C(C)C)OC(C)=O)C[C@@H](O)C(=C)[C@@H]2C[C@@H]1O. The third-order valence-electron chi connectivity index (χ3n) is 6.59. The summed E-state index contributed by atoms with van der Waals surface area (Å²) in [6.45, 7) is 16.0. The van der Waals surface area contributed by atoms with E-state index in [4.69, 9.17) is 9.47 Å². The monoisotopic (exact) mass is 436 g/mol. The summed E-state index contributed by atoms with van der Waals surface area (Å²) in [5.41, 5.74) is 1.97. The standard InChI is InChI=1S/C24H36O7/c1-11(2)8-21(30-15(6)25)24(31-16(7)26)13(4)18-10-19(27)12(3)17-9-20(28)14(5)22(17)23(18)29/h8,13,17-24,27-29H,3,5,9-10H2,1-2,4,6-7H3/t13?,17-,18-,19+,20-,21?,22+,23+,24?/m0/s1. The van der Waals surface area contributed by atoms with Crippen molar-refractivity contribution in [2.24, 2.45) is 23.7 Å². The summed E-state index contributed by atoms with van der Waals surface area (Å²) in [6.07, 6.45) is -2.03. The first-order chi connectivity index (χ1) is 14.3. The number of aliphatic hydroxyl groups excluding tert-OH is 3. The predicted molar refractivity (Wildman–Crippen MR) is 116 cm³/mol. The Labute approximate surface area is 184 Å². The maximum atomic E-state index is 11.9. The van der Waals surface area contributed by atoms with Gasteiger partial charge in [0.1, 0.15) is 6.10 Å². The van der Waals surface area contributed by atoms with E-state index in [-0.39, 0.29) is 12.3 Å². The van der Waals surface area contributed by atoms with Gasteiger partial charge in [-0.1, -0.05) is 25.7 Å². The van der Waals surface area contributed by atoms with E-state index in [0.717, 1.165) is 5.57 Å². The first-order valence-corrected chi connectivity index (χ1v) is 10.8. The fraction of sp³-hybridized carbons (Fsp3) is 0.667. The van der Waals surface area contributed by atoms with Crippen molar-refractivity contribution in [3.8, 4) is 0 Å². The quantitative estimate of drug-likeness (QED) is 0.432. The highest BCUT2D eigenvalue weighted by Gasteiger charge is 2.51. The van der Waals surface area contributed by atoms with Crippen LogP contribution in [0.4, 0.5) is 0 Å². The van der Waals surface area contributed by atoms with Gasteiger partial charge in [-0.3, -0.25) is 9.59 Å². The summed E-state index contributed by atoms with van der Waals surface area (Å²) in [5, 5.41) is 32.4. The molecule has 0 radical (unpaired) electrons. The Morgan fingerprint density at radius 2 is 1.52 bits per heavy atom. The molecule has 2 rings (SSSR count). The van der Waals surface area contributed by atoms with Crippen LogP contribution in [0.1, 0.15) is 47.5 Å². The lowest BCUT2D eigenvalue weighted by Crippen LogP contribution is -2.45. The van der Waals surface area contributed by atoms with E-state index in [9.17, 15) is 24.9 Å². The Morgan fingerprint density at radius 1 is 0.968 bits per heavy atom. The molecule has 0 spiro atoms. The van der Waals surface area contributed by atoms with E-state index in [1.807, 2.05) is 13.8 Å². The van der Waals surface area contributed by atoms with Crippen LogP contribution in [0.3, 0.4) is 0 Å². The van der Waals surface area contributed by atoms with E-state index in [1.54, 1.807) is 13.0 Å². The smallest absolute Gasteiger partial charge is 0.303 e. The van der Waals surface area contributed by atoms with Gasteiger partial charge in [0, 0.05) is 25.7 Å². The molecule has 3 unspecified atom stereocenters. The summed E-state index contributed by atoms with van der Waals surface area (Å²) < 4.78 is 11.1. The van der Waals surface area contributed by atoms with E-state index < -0.39 is 60.2 Å². The van der Waals surface area contributed by atoms with Crippen molar-refractivity contribution in [1.29, 1.82) is 0 Å². The van der Waals surface area contributed by atoms with Crippen molar-refractivity contribution in [3.05, 3.63) is 36.0 Å². The molecule has 0 amide bonds. The molecule has 7 nitrogen and oxygen atoms in total. The zero-order chi connectivity index (χ0) is 23.6. The predicted octanol–water partition coefficient (Wildman–Crippen LogP) is 2.30. The van der Waals surface area contributed by atoms with Gasteiger partial charge in [-0.05, 0) is 55.7 Å². The number of allylic oxidation sites excluding steroid dienone is 1. The average Bonchev–Trinajstić information content (AvgIpc) is 2.91.